The Hall–Kier alpha value is -3.86. The lowest BCUT2D eigenvalue weighted by atomic mass is 10.1. The summed E-state index contributed by atoms with van der Waals surface area (Å²) < 4.78 is 48.6. The summed E-state index contributed by atoms with van der Waals surface area (Å²) in [6.45, 7) is 0.755. The van der Waals surface area contributed by atoms with E-state index in [0.29, 0.717) is 5.69 Å². The molecule has 5 rings (SSSR count). The SMILES string of the molecule is O=C(Nc1ccc(F)c(S(=O)(=O)N2CCOCC2)c1)c1cn(-c2ccccc2)nc1-c1ccccc1. The van der Waals surface area contributed by atoms with Crippen LogP contribution in [0.5, 0.6) is 0 Å². The first-order valence-corrected chi connectivity index (χ1v) is 12.8. The van der Waals surface area contributed by atoms with Crippen molar-refractivity contribution in [2.75, 3.05) is 31.6 Å². The predicted octanol–water partition coefficient (Wildman–Crippen LogP) is 3.95. The molecule has 0 saturated carbocycles. The van der Waals surface area contributed by atoms with Crippen LogP contribution in [0.25, 0.3) is 16.9 Å². The summed E-state index contributed by atoms with van der Waals surface area (Å²) in [5.74, 6) is -1.39. The molecular formula is C26H23FN4O4S. The number of rotatable bonds is 6. The molecule has 36 heavy (non-hydrogen) atoms. The normalized spacial score (nSPS) is 14.5. The molecule has 10 heteroatoms. The van der Waals surface area contributed by atoms with Gasteiger partial charge in [0.15, 0.2) is 0 Å². The van der Waals surface area contributed by atoms with E-state index in [9.17, 15) is 17.6 Å². The largest absolute Gasteiger partial charge is 0.379 e. The highest BCUT2D eigenvalue weighted by Gasteiger charge is 2.29. The smallest absolute Gasteiger partial charge is 0.259 e. The zero-order chi connectivity index (χ0) is 25.1. The zero-order valence-corrected chi connectivity index (χ0v) is 20.0. The number of amides is 1. The first kappa shape index (κ1) is 23.9. The molecule has 184 valence electrons. The lowest BCUT2D eigenvalue weighted by molar-refractivity contribution is 0.0729. The van der Waals surface area contributed by atoms with Crippen LogP contribution in [0.4, 0.5) is 10.1 Å². The average Bonchev–Trinajstić information content (AvgIpc) is 3.37. The Kier molecular flexibility index (Phi) is 6.64. The van der Waals surface area contributed by atoms with Gasteiger partial charge in [0.1, 0.15) is 16.4 Å². The van der Waals surface area contributed by atoms with E-state index in [1.807, 2.05) is 60.7 Å². The van der Waals surface area contributed by atoms with Gasteiger partial charge in [-0.3, -0.25) is 4.79 Å². The lowest BCUT2D eigenvalue weighted by Crippen LogP contribution is -2.40. The first-order chi connectivity index (χ1) is 17.4. The van der Waals surface area contributed by atoms with E-state index in [-0.39, 0.29) is 37.6 Å². The first-order valence-electron chi connectivity index (χ1n) is 11.3. The molecule has 0 spiro atoms. The molecule has 0 aliphatic carbocycles. The van der Waals surface area contributed by atoms with E-state index in [1.54, 1.807) is 10.9 Å². The summed E-state index contributed by atoms with van der Waals surface area (Å²) in [6, 6.07) is 22.1. The third kappa shape index (κ3) is 4.78. The number of nitrogens with one attached hydrogen (secondary N) is 1. The molecule has 1 aliphatic rings. The lowest BCUT2D eigenvalue weighted by Gasteiger charge is -2.26. The molecule has 1 aliphatic heterocycles. The minimum atomic E-state index is -4.09. The highest BCUT2D eigenvalue weighted by Crippen LogP contribution is 2.27. The van der Waals surface area contributed by atoms with Gasteiger partial charge >= 0.3 is 0 Å². The van der Waals surface area contributed by atoms with Crippen molar-refractivity contribution in [2.24, 2.45) is 0 Å². The fraction of sp³-hybridized carbons (Fsp3) is 0.154. The van der Waals surface area contributed by atoms with E-state index in [2.05, 4.69) is 10.4 Å². The molecule has 3 aromatic carbocycles. The van der Waals surface area contributed by atoms with Crippen molar-refractivity contribution < 1.29 is 22.3 Å². The van der Waals surface area contributed by atoms with E-state index >= 15 is 0 Å². The third-order valence-corrected chi connectivity index (χ3v) is 7.72. The van der Waals surface area contributed by atoms with Crippen LogP contribution in [-0.2, 0) is 14.8 Å². The van der Waals surface area contributed by atoms with Crippen molar-refractivity contribution >= 4 is 21.6 Å². The molecule has 1 fully saturated rings. The number of aromatic nitrogens is 2. The number of carbonyl (C=O) groups is 1. The van der Waals surface area contributed by atoms with Crippen molar-refractivity contribution in [2.45, 2.75) is 4.90 Å². The van der Waals surface area contributed by atoms with Gasteiger partial charge in [-0.1, -0.05) is 48.5 Å². The monoisotopic (exact) mass is 506 g/mol. The molecule has 1 saturated heterocycles. The van der Waals surface area contributed by atoms with E-state index in [4.69, 9.17) is 4.74 Å². The molecule has 1 N–H and O–H groups in total. The number of hydrogen-bond donors (Lipinski definition) is 1. The quantitative estimate of drug-likeness (QED) is 0.428. The molecule has 4 aromatic rings. The Morgan fingerprint density at radius 2 is 1.61 bits per heavy atom. The number of nitrogens with zero attached hydrogens (tertiary/aromatic N) is 3. The molecule has 2 heterocycles. The van der Waals surface area contributed by atoms with Crippen LogP contribution in [0.1, 0.15) is 10.4 Å². The molecule has 8 nitrogen and oxygen atoms in total. The maximum Gasteiger partial charge on any atom is 0.259 e. The molecule has 0 radical (unpaired) electrons. The highest BCUT2D eigenvalue weighted by molar-refractivity contribution is 7.89. The Balaban J connectivity index is 1.49. The van der Waals surface area contributed by atoms with Gasteiger partial charge in [0.25, 0.3) is 5.91 Å². The number of morpholine rings is 1. The van der Waals surface area contributed by atoms with Gasteiger partial charge in [0.05, 0.1) is 24.5 Å². The average molecular weight is 507 g/mol. The van der Waals surface area contributed by atoms with Crippen LogP contribution in [-0.4, -0.2) is 54.7 Å². The Morgan fingerprint density at radius 1 is 0.944 bits per heavy atom. The van der Waals surface area contributed by atoms with Gasteiger partial charge in [-0.25, -0.2) is 17.5 Å². The molecule has 1 amide bonds. The second-order valence-electron chi connectivity index (χ2n) is 8.15. The van der Waals surface area contributed by atoms with E-state index < -0.39 is 26.6 Å². The van der Waals surface area contributed by atoms with Crippen molar-refractivity contribution in [1.29, 1.82) is 0 Å². The van der Waals surface area contributed by atoms with Gasteiger partial charge in [0, 0.05) is 30.5 Å². The van der Waals surface area contributed by atoms with E-state index in [1.165, 1.54) is 10.4 Å². The predicted molar refractivity (Wildman–Crippen MR) is 133 cm³/mol. The topological polar surface area (TPSA) is 93.5 Å². The van der Waals surface area contributed by atoms with Crippen LogP contribution in [0, 0.1) is 5.82 Å². The molecule has 0 unspecified atom stereocenters. The van der Waals surface area contributed by atoms with E-state index in [0.717, 1.165) is 23.4 Å². The standard InChI is InChI=1S/C26H23FN4O4S/c27-23-12-11-20(17-24(23)36(33,34)30-13-15-35-16-14-30)28-26(32)22-18-31(21-9-5-2-6-10-21)29-25(22)19-7-3-1-4-8-19/h1-12,17-18H,13-16H2,(H,28,32). The molecule has 1 aromatic heterocycles. The maximum atomic E-state index is 14.6. The number of anilines is 1. The number of sulfonamides is 1. The van der Waals surface area contributed by atoms with Gasteiger partial charge in [-0.15, -0.1) is 0 Å². The summed E-state index contributed by atoms with van der Waals surface area (Å²) in [7, 11) is -4.09. The van der Waals surface area contributed by atoms with Crippen molar-refractivity contribution in [3.63, 3.8) is 0 Å². The van der Waals surface area contributed by atoms with Crippen LogP contribution in [0.3, 0.4) is 0 Å². The van der Waals surface area contributed by atoms with Crippen molar-refractivity contribution in [3.8, 4) is 16.9 Å². The zero-order valence-electron chi connectivity index (χ0n) is 19.2. The third-order valence-electron chi connectivity index (χ3n) is 5.80. The fourth-order valence-corrected chi connectivity index (χ4v) is 5.46. The van der Waals surface area contributed by atoms with Crippen molar-refractivity contribution in [1.82, 2.24) is 14.1 Å². The molecule has 0 atom stereocenters. The van der Waals surface area contributed by atoms with Gasteiger partial charge in [-0.05, 0) is 30.3 Å². The summed E-state index contributed by atoms with van der Waals surface area (Å²) in [6.07, 6.45) is 1.61. The van der Waals surface area contributed by atoms with Gasteiger partial charge in [0.2, 0.25) is 10.0 Å². The number of para-hydroxylation sites is 1. The number of hydrogen-bond acceptors (Lipinski definition) is 5. The second kappa shape index (κ2) is 10.0. The van der Waals surface area contributed by atoms with Crippen LogP contribution in [0.15, 0.2) is 90.0 Å². The number of carbonyl (C=O) groups excluding carboxylic acids is 1. The minimum absolute atomic E-state index is 0.136. The van der Waals surface area contributed by atoms with Crippen molar-refractivity contribution in [3.05, 3.63) is 96.4 Å². The Bertz CT molecular complexity index is 1490. The highest BCUT2D eigenvalue weighted by atomic mass is 32.2. The molecule has 0 bridgehead atoms. The maximum absolute atomic E-state index is 14.6. The Morgan fingerprint density at radius 3 is 2.31 bits per heavy atom. The summed E-state index contributed by atoms with van der Waals surface area (Å²) in [5, 5.41) is 7.34. The van der Waals surface area contributed by atoms with Crippen LogP contribution in [0.2, 0.25) is 0 Å². The Labute approximate surface area is 208 Å². The summed E-state index contributed by atoms with van der Waals surface area (Å²) >= 11 is 0. The fourth-order valence-electron chi connectivity index (χ4n) is 3.97. The molecular weight excluding hydrogens is 483 g/mol. The summed E-state index contributed by atoms with van der Waals surface area (Å²) in [5.41, 5.74) is 2.41. The minimum Gasteiger partial charge on any atom is -0.379 e. The number of benzene rings is 3. The van der Waals surface area contributed by atoms with Gasteiger partial charge < -0.3 is 10.1 Å². The van der Waals surface area contributed by atoms with Crippen LogP contribution < -0.4 is 5.32 Å². The second-order valence-corrected chi connectivity index (χ2v) is 10.1. The number of halogens is 1. The van der Waals surface area contributed by atoms with Gasteiger partial charge in [-0.2, -0.15) is 9.40 Å². The van der Waals surface area contributed by atoms with Crippen LogP contribution >= 0.6 is 0 Å². The summed E-state index contributed by atoms with van der Waals surface area (Å²) in [4.78, 5) is 12.9. The number of ether oxygens (including phenoxy) is 1.